The van der Waals surface area contributed by atoms with E-state index >= 15 is 0 Å². The Kier molecular flexibility index (Phi) is 8.30. The van der Waals surface area contributed by atoms with Crippen molar-refractivity contribution in [2.75, 3.05) is 19.8 Å². The summed E-state index contributed by atoms with van der Waals surface area (Å²) in [5, 5.41) is 0. The average molecular weight is 463 g/mol. The molecule has 0 aliphatic rings. The summed E-state index contributed by atoms with van der Waals surface area (Å²) < 4.78 is 15.2. The minimum Gasteiger partial charge on any atom is -0.462 e. The maximum absolute atomic E-state index is 12.2. The maximum Gasteiger partial charge on any atom is 0.338 e. The molecule has 0 spiro atoms. The van der Waals surface area contributed by atoms with Gasteiger partial charge in [0.25, 0.3) is 0 Å². The summed E-state index contributed by atoms with van der Waals surface area (Å²) in [5.41, 5.74) is 6.23. The molecule has 25 heavy (non-hydrogen) atoms. The van der Waals surface area contributed by atoms with Gasteiger partial charge in [0, 0.05) is 11.0 Å². The largest absolute Gasteiger partial charge is 0.462 e. The molecule has 0 bridgehead atoms. The zero-order valence-corrected chi connectivity index (χ0v) is 17.3. The quantitative estimate of drug-likeness (QED) is 0.343. The van der Waals surface area contributed by atoms with E-state index in [0.717, 1.165) is 6.42 Å². The van der Waals surface area contributed by atoms with Crippen molar-refractivity contribution in [3.8, 4) is 0 Å². The summed E-state index contributed by atoms with van der Waals surface area (Å²) in [6, 6.07) is 6.18. The van der Waals surface area contributed by atoms with Crippen LogP contribution in [0.1, 0.15) is 54.8 Å². The normalized spacial score (nSPS) is 11.9. The van der Waals surface area contributed by atoms with Crippen LogP contribution in [0.5, 0.6) is 0 Å². The Labute approximate surface area is 163 Å². The summed E-state index contributed by atoms with van der Waals surface area (Å²) >= 11 is 1.73. The fourth-order valence-corrected chi connectivity index (χ4v) is 2.80. The van der Waals surface area contributed by atoms with E-state index in [0.29, 0.717) is 17.7 Å². The van der Waals surface area contributed by atoms with E-state index in [1.807, 2.05) is 27.7 Å². The van der Waals surface area contributed by atoms with E-state index in [1.165, 1.54) is 12.1 Å². The molecule has 0 aromatic heterocycles. The Morgan fingerprint density at radius 3 is 1.88 bits per heavy atom. The van der Waals surface area contributed by atoms with Crippen molar-refractivity contribution in [1.29, 1.82) is 0 Å². The number of benzene rings is 1. The lowest BCUT2D eigenvalue weighted by Crippen LogP contribution is -2.39. The van der Waals surface area contributed by atoms with Gasteiger partial charge in [-0.1, -0.05) is 13.8 Å². The molecule has 0 heterocycles. The zero-order valence-electron chi connectivity index (χ0n) is 15.1. The molecule has 7 heteroatoms. The molecule has 0 aliphatic carbocycles. The van der Waals surface area contributed by atoms with Gasteiger partial charge in [-0.05, 0) is 44.5 Å². The van der Waals surface area contributed by atoms with Crippen molar-refractivity contribution < 1.29 is 22.1 Å². The third kappa shape index (κ3) is 8.64. The van der Waals surface area contributed by atoms with Crippen LogP contribution in [0.15, 0.2) is 24.3 Å². The van der Waals surface area contributed by atoms with Crippen LogP contribution in [0.4, 0.5) is 0 Å². The second kappa shape index (κ2) is 9.49. The minimum absolute atomic E-state index is 0.179. The molecule has 6 nitrogen and oxygen atoms in total. The first-order valence-electron chi connectivity index (χ1n) is 8.01. The molecule has 0 radical (unpaired) electrons. The monoisotopic (exact) mass is 463 g/mol. The summed E-state index contributed by atoms with van der Waals surface area (Å²) in [7, 11) is 0. The molecule has 1 rings (SSSR count). The highest BCUT2D eigenvalue weighted by atomic mass is 127. The first kappa shape index (κ1) is 21.9. The van der Waals surface area contributed by atoms with E-state index in [4.69, 9.17) is 18.3 Å². The summed E-state index contributed by atoms with van der Waals surface area (Å²) in [4.78, 5) is 23.9. The highest BCUT2D eigenvalue weighted by molar-refractivity contribution is 14.1. The lowest BCUT2D eigenvalue weighted by molar-refractivity contribution is 0.0294. The van der Waals surface area contributed by atoms with Gasteiger partial charge in [-0.25, -0.2) is 9.59 Å². The topological polar surface area (TPSA) is 87.9 Å². The van der Waals surface area contributed by atoms with Gasteiger partial charge in [-0.2, -0.15) is 0 Å². The third-order valence-electron chi connectivity index (χ3n) is 3.28. The molecular formula is C18H26INO5. The second-order valence-electron chi connectivity index (χ2n) is 7.43. The summed E-state index contributed by atoms with van der Waals surface area (Å²) in [5.74, 6) is -0.888. The van der Waals surface area contributed by atoms with Crippen LogP contribution in [-0.2, 0) is 12.5 Å². The number of ether oxygens (including phenoxy) is 2. The fraction of sp³-hybridized carbons (Fsp3) is 0.556. The van der Waals surface area contributed by atoms with Crippen molar-refractivity contribution in [1.82, 2.24) is 0 Å². The van der Waals surface area contributed by atoms with Gasteiger partial charge >= 0.3 is 11.9 Å². The number of hydrogen-bond acceptors (Lipinski definition) is 6. The van der Waals surface area contributed by atoms with E-state index in [2.05, 4.69) is 0 Å². The lowest BCUT2D eigenvalue weighted by Gasteiger charge is -2.31. The Balaban J connectivity index is 2.58. The zero-order chi connectivity index (χ0) is 19.1. The SMILES string of the molecule is CC(C)(N)CC(C)(C)COC(=O)c1ccc(C(=O)OCCOI)cc1. The number of nitrogens with two attached hydrogens (primary N) is 1. The molecule has 2 N–H and O–H groups in total. The minimum atomic E-state index is -0.459. The van der Waals surface area contributed by atoms with Crippen LogP contribution >= 0.6 is 23.0 Å². The molecule has 1 aromatic carbocycles. The van der Waals surface area contributed by atoms with Crippen LogP contribution in [0.25, 0.3) is 0 Å². The third-order valence-corrected chi connectivity index (χ3v) is 3.72. The Bertz CT molecular complexity index is 578. The van der Waals surface area contributed by atoms with Gasteiger partial charge in [-0.15, -0.1) is 0 Å². The van der Waals surface area contributed by atoms with Crippen LogP contribution in [0.2, 0.25) is 0 Å². The first-order valence-corrected chi connectivity index (χ1v) is 8.89. The Hall–Kier alpha value is -1.19. The standard InChI is InChI=1S/C18H26INO5/c1-17(2,11-18(3,4)20)12-24-16(22)14-7-5-13(6-8-14)15(21)23-9-10-25-19/h5-8H,9-12,20H2,1-4H3. The summed E-state index contributed by atoms with van der Waals surface area (Å²) in [6.07, 6.45) is 0.721. The van der Waals surface area contributed by atoms with E-state index in [9.17, 15) is 9.59 Å². The van der Waals surface area contributed by atoms with Crippen LogP contribution in [0.3, 0.4) is 0 Å². The molecule has 0 atom stereocenters. The highest BCUT2D eigenvalue weighted by Crippen LogP contribution is 2.27. The number of esters is 2. The van der Waals surface area contributed by atoms with Crippen molar-refractivity contribution >= 4 is 34.9 Å². The molecule has 0 aliphatic heterocycles. The Morgan fingerprint density at radius 2 is 1.44 bits per heavy atom. The molecule has 0 amide bonds. The number of halogens is 1. The summed E-state index contributed by atoms with van der Waals surface area (Å²) in [6.45, 7) is 8.68. The van der Waals surface area contributed by atoms with Crippen molar-refractivity contribution in [2.45, 2.75) is 39.7 Å². The number of hydrogen-bond donors (Lipinski definition) is 1. The van der Waals surface area contributed by atoms with E-state index in [-0.39, 0.29) is 24.2 Å². The number of carbonyl (C=O) groups is 2. The fourth-order valence-electron chi connectivity index (χ4n) is 2.62. The Morgan fingerprint density at radius 1 is 0.960 bits per heavy atom. The van der Waals surface area contributed by atoms with Gasteiger partial charge in [0.1, 0.15) is 29.6 Å². The maximum atomic E-state index is 12.2. The van der Waals surface area contributed by atoms with Gasteiger partial charge in [-0.3, -0.25) is 0 Å². The van der Waals surface area contributed by atoms with Crippen molar-refractivity contribution in [3.05, 3.63) is 35.4 Å². The van der Waals surface area contributed by atoms with Crippen LogP contribution < -0.4 is 5.73 Å². The van der Waals surface area contributed by atoms with E-state index in [1.54, 1.807) is 35.1 Å². The predicted octanol–water partition coefficient (Wildman–Crippen LogP) is 3.52. The van der Waals surface area contributed by atoms with Crippen LogP contribution in [-0.4, -0.2) is 37.3 Å². The molecule has 140 valence electrons. The molecule has 0 unspecified atom stereocenters. The van der Waals surface area contributed by atoms with E-state index < -0.39 is 11.9 Å². The smallest absolute Gasteiger partial charge is 0.338 e. The van der Waals surface area contributed by atoms with Crippen molar-refractivity contribution in [3.63, 3.8) is 0 Å². The first-order chi connectivity index (χ1) is 11.5. The highest BCUT2D eigenvalue weighted by Gasteiger charge is 2.27. The molecule has 0 saturated carbocycles. The average Bonchev–Trinajstić information content (AvgIpc) is 2.51. The van der Waals surface area contributed by atoms with Crippen LogP contribution in [0, 0.1) is 5.41 Å². The molecular weight excluding hydrogens is 437 g/mol. The molecule has 1 aromatic rings. The second-order valence-corrected chi connectivity index (χ2v) is 8.06. The predicted molar refractivity (Wildman–Crippen MR) is 104 cm³/mol. The molecule has 0 saturated heterocycles. The van der Waals surface area contributed by atoms with Gasteiger partial charge in [0.2, 0.25) is 0 Å². The van der Waals surface area contributed by atoms with Gasteiger partial charge < -0.3 is 18.3 Å². The lowest BCUT2D eigenvalue weighted by atomic mass is 9.81. The number of carbonyl (C=O) groups excluding carboxylic acids is 2. The van der Waals surface area contributed by atoms with Gasteiger partial charge in [0.05, 0.1) is 24.3 Å². The van der Waals surface area contributed by atoms with Crippen molar-refractivity contribution in [2.24, 2.45) is 11.1 Å². The van der Waals surface area contributed by atoms with Gasteiger partial charge in [0.15, 0.2) is 0 Å². The number of rotatable bonds is 9. The molecule has 0 fully saturated rings.